The normalized spacial score (nSPS) is 25.5. The lowest BCUT2D eigenvalue weighted by molar-refractivity contribution is 0.0697. The van der Waals surface area contributed by atoms with E-state index in [1.807, 2.05) is 4.90 Å². The number of carbonyl (C=O) groups excluding carboxylic acids is 1. The highest BCUT2D eigenvalue weighted by Crippen LogP contribution is 2.32. The summed E-state index contributed by atoms with van der Waals surface area (Å²) in [7, 11) is 0. The Bertz CT molecular complexity index is 824. The molecule has 0 unspecified atom stereocenters. The van der Waals surface area contributed by atoms with Crippen molar-refractivity contribution in [3.8, 4) is 11.3 Å². The number of oxazole rings is 1. The summed E-state index contributed by atoms with van der Waals surface area (Å²) in [6.45, 7) is 10.8. The second kappa shape index (κ2) is 5.73. The van der Waals surface area contributed by atoms with Gasteiger partial charge >= 0.3 is 5.91 Å². The van der Waals surface area contributed by atoms with E-state index in [9.17, 15) is 4.79 Å². The Morgan fingerprint density at radius 2 is 2.38 bits per heavy atom. The summed E-state index contributed by atoms with van der Waals surface area (Å²) in [5.74, 6) is 1.20. The van der Waals surface area contributed by atoms with Crippen LogP contribution in [0.5, 0.6) is 0 Å². The minimum absolute atomic E-state index is 0.103. The first-order chi connectivity index (χ1) is 11.7. The fourth-order valence-electron chi connectivity index (χ4n) is 3.69. The van der Waals surface area contributed by atoms with E-state index in [1.54, 1.807) is 18.3 Å². The Labute approximate surface area is 139 Å². The van der Waals surface area contributed by atoms with E-state index in [0.29, 0.717) is 23.3 Å². The summed E-state index contributed by atoms with van der Waals surface area (Å²) >= 11 is 0. The van der Waals surface area contributed by atoms with Gasteiger partial charge in [0.25, 0.3) is 11.7 Å². The van der Waals surface area contributed by atoms with Crippen LogP contribution >= 0.6 is 0 Å². The van der Waals surface area contributed by atoms with Gasteiger partial charge in [-0.05, 0) is 31.4 Å². The van der Waals surface area contributed by atoms with Crippen molar-refractivity contribution in [2.45, 2.75) is 25.4 Å². The van der Waals surface area contributed by atoms with Gasteiger partial charge in [-0.15, -0.1) is 4.98 Å². The molecule has 0 bridgehead atoms. The third kappa shape index (κ3) is 2.36. The van der Waals surface area contributed by atoms with Crippen LogP contribution < -0.4 is 5.32 Å². The van der Waals surface area contributed by atoms with Crippen LogP contribution in [-0.4, -0.2) is 45.9 Å². The molecule has 1 N–H and O–H groups in total. The predicted octanol–water partition coefficient (Wildman–Crippen LogP) is 2.11. The Morgan fingerprint density at radius 3 is 3.21 bits per heavy atom. The maximum Gasteiger partial charge on any atom is 0.310 e. The first-order valence-electron chi connectivity index (χ1n) is 8.01. The first kappa shape index (κ1) is 14.8. The molecule has 2 aromatic heterocycles. The lowest BCUT2D eigenvalue weighted by Gasteiger charge is -2.21. The van der Waals surface area contributed by atoms with Gasteiger partial charge in [0.15, 0.2) is 5.76 Å². The zero-order valence-corrected chi connectivity index (χ0v) is 13.3. The Morgan fingerprint density at radius 1 is 1.50 bits per heavy atom. The summed E-state index contributed by atoms with van der Waals surface area (Å²) in [6, 6.07) is 4.02. The summed E-state index contributed by atoms with van der Waals surface area (Å²) in [5.41, 5.74) is 0.693. The lowest BCUT2D eigenvalue weighted by Crippen LogP contribution is -2.39. The van der Waals surface area contributed by atoms with Gasteiger partial charge in [-0.25, -0.2) is 4.98 Å². The molecule has 1 amide bonds. The SMILES string of the molecule is [C-]#[N+]c1cc(-c2cnc(C(=O)N3CC[C@@H]4[C@@H](C)NC[C@@H]43)o2)ccn1. The van der Waals surface area contributed by atoms with E-state index in [0.717, 1.165) is 19.5 Å². The molecule has 2 aromatic rings. The van der Waals surface area contributed by atoms with Crippen molar-refractivity contribution < 1.29 is 9.21 Å². The van der Waals surface area contributed by atoms with Crippen molar-refractivity contribution in [2.24, 2.45) is 5.92 Å². The number of aromatic nitrogens is 2. The highest BCUT2D eigenvalue weighted by molar-refractivity contribution is 5.90. The van der Waals surface area contributed by atoms with Crippen molar-refractivity contribution in [2.75, 3.05) is 13.1 Å². The van der Waals surface area contributed by atoms with Gasteiger partial charge in [0.2, 0.25) is 0 Å². The zero-order valence-electron chi connectivity index (χ0n) is 13.3. The monoisotopic (exact) mass is 323 g/mol. The van der Waals surface area contributed by atoms with Gasteiger partial charge in [0.1, 0.15) is 6.20 Å². The van der Waals surface area contributed by atoms with Crippen LogP contribution in [0.3, 0.4) is 0 Å². The average molecular weight is 323 g/mol. The molecule has 4 heterocycles. The predicted molar refractivity (Wildman–Crippen MR) is 86.4 cm³/mol. The molecule has 2 aliphatic heterocycles. The van der Waals surface area contributed by atoms with Crippen LogP contribution in [0.15, 0.2) is 28.9 Å². The Hall–Kier alpha value is -2.72. The molecule has 4 rings (SSSR count). The number of amides is 1. The summed E-state index contributed by atoms with van der Waals surface area (Å²) in [4.78, 5) is 26.0. The molecule has 0 radical (unpaired) electrons. The standard InChI is InChI=1S/C17H17N5O2/c1-10-12-4-6-22(13(12)8-20-10)17(23)16-21-9-14(24-16)11-3-5-19-15(7-11)18-2/h3,5,7,9-10,12-13,20H,4,6,8H2,1H3/t10-,12-,13+/m1/s1. The largest absolute Gasteiger partial charge is 0.432 e. The fraction of sp³-hybridized carbons (Fsp3) is 0.412. The summed E-state index contributed by atoms with van der Waals surface area (Å²) in [6.07, 6.45) is 4.08. The molecule has 0 saturated carbocycles. The van der Waals surface area contributed by atoms with E-state index in [2.05, 4.69) is 27.1 Å². The van der Waals surface area contributed by atoms with Crippen molar-refractivity contribution >= 4 is 11.7 Å². The molecule has 0 aromatic carbocycles. The third-order valence-corrected chi connectivity index (χ3v) is 4.98. The average Bonchev–Trinajstić information content (AvgIpc) is 3.32. The number of nitrogens with zero attached hydrogens (tertiary/aromatic N) is 4. The number of nitrogens with one attached hydrogen (secondary N) is 1. The molecule has 24 heavy (non-hydrogen) atoms. The molecule has 0 aliphatic carbocycles. The van der Waals surface area contributed by atoms with Crippen molar-refractivity contribution in [1.82, 2.24) is 20.2 Å². The van der Waals surface area contributed by atoms with Crippen LogP contribution in [0.4, 0.5) is 5.82 Å². The Balaban J connectivity index is 1.57. The smallest absolute Gasteiger partial charge is 0.310 e. The number of hydrogen-bond donors (Lipinski definition) is 1. The van der Waals surface area contributed by atoms with Crippen LogP contribution in [0.2, 0.25) is 0 Å². The number of carbonyl (C=O) groups is 1. The quantitative estimate of drug-likeness (QED) is 0.857. The van der Waals surface area contributed by atoms with Gasteiger partial charge in [0.05, 0.1) is 6.20 Å². The molecule has 3 atom stereocenters. The number of likely N-dealkylation sites (tertiary alicyclic amines) is 1. The number of fused-ring (bicyclic) bond motifs is 1. The van der Waals surface area contributed by atoms with Crippen molar-refractivity contribution in [3.63, 3.8) is 0 Å². The lowest BCUT2D eigenvalue weighted by atomic mass is 9.98. The molecule has 2 aliphatic rings. The maximum absolute atomic E-state index is 12.7. The van der Waals surface area contributed by atoms with Gasteiger partial charge in [-0.1, -0.05) is 6.57 Å². The van der Waals surface area contributed by atoms with Gasteiger partial charge in [0, 0.05) is 30.7 Å². The third-order valence-electron chi connectivity index (χ3n) is 4.98. The Kier molecular flexibility index (Phi) is 3.54. The maximum atomic E-state index is 12.7. The van der Waals surface area contributed by atoms with E-state index < -0.39 is 0 Å². The van der Waals surface area contributed by atoms with E-state index >= 15 is 0 Å². The second-order valence-electron chi connectivity index (χ2n) is 6.26. The molecular formula is C17H17N5O2. The van der Waals surface area contributed by atoms with Crippen LogP contribution in [0.1, 0.15) is 24.0 Å². The minimum atomic E-state index is -0.163. The fourth-order valence-corrected chi connectivity index (χ4v) is 3.69. The molecule has 2 saturated heterocycles. The van der Waals surface area contributed by atoms with Gasteiger partial charge in [-0.2, -0.15) is 0 Å². The first-order valence-corrected chi connectivity index (χ1v) is 8.01. The van der Waals surface area contributed by atoms with Crippen LogP contribution in [0.25, 0.3) is 16.2 Å². The number of hydrogen-bond acceptors (Lipinski definition) is 5. The zero-order chi connectivity index (χ0) is 16.7. The van der Waals surface area contributed by atoms with Gasteiger partial charge < -0.3 is 19.5 Å². The topological polar surface area (TPSA) is 75.6 Å². The molecule has 2 fully saturated rings. The molecule has 7 heteroatoms. The van der Waals surface area contributed by atoms with Crippen LogP contribution in [0, 0.1) is 12.5 Å². The molecule has 0 spiro atoms. The molecular weight excluding hydrogens is 306 g/mol. The highest BCUT2D eigenvalue weighted by Gasteiger charge is 2.44. The minimum Gasteiger partial charge on any atom is -0.432 e. The summed E-state index contributed by atoms with van der Waals surface area (Å²) in [5, 5.41) is 3.42. The number of rotatable bonds is 2. The van der Waals surface area contributed by atoms with Crippen molar-refractivity contribution in [3.05, 3.63) is 41.8 Å². The van der Waals surface area contributed by atoms with E-state index in [-0.39, 0.29) is 23.7 Å². The van der Waals surface area contributed by atoms with Crippen LogP contribution in [-0.2, 0) is 0 Å². The second-order valence-corrected chi connectivity index (χ2v) is 6.26. The highest BCUT2D eigenvalue weighted by atomic mass is 16.4. The molecule has 7 nitrogen and oxygen atoms in total. The van der Waals surface area contributed by atoms with Crippen molar-refractivity contribution in [1.29, 1.82) is 0 Å². The summed E-state index contributed by atoms with van der Waals surface area (Å²) < 4.78 is 5.67. The van der Waals surface area contributed by atoms with E-state index in [1.165, 1.54) is 6.20 Å². The molecule has 122 valence electrons. The van der Waals surface area contributed by atoms with Gasteiger partial charge in [-0.3, -0.25) is 4.79 Å². The number of pyridine rings is 1. The van der Waals surface area contributed by atoms with E-state index in [4.69, 9.17) is 11.0 Å².